The van der Waals surface area contributed by atoms with Gasteiger partial charge in [-0.1, -0.05) is 0 Å². The van der Waals surface area contributed by atoms with Gasteiger partial charge in [-0.3, -0.25) is 0 Å². The highest BCUT2D eigenvalue weighted by Gasteiger charge is 2.79. The van der Waals surface area contributed by atoms with Crippen molar-refractivity contribution in [2.24, 2.45) is 11.7 Å². The molecule has 4 rings (SSSR count). The molecule has 2 saturated heterocycles. The van der Waals surface area contributed by atoms with E-state index in [4.69, 9.17) is 10.5 Å². The van der Waals surface area contributed by atoms with E-state index in [1.165, 1.54) is 0 Å². The maximum absolute atomic E-state index is 9.31. The van der Waals surface area contributed by atoms with Gasteiger partial charge in [-0.25, -0.2) is 0 Å². The van der Waals surface area contributed by atoms with Crippen LogP contribution in [0.25, 0.3) is 0 Å². The van der Waals surface area contributed by atoms with Crippen molar-refractivity contribution in [2.45, 2.75) is 30.3 Å². The predicted octanol–water partition coefficient (Wildman–Crippen LogP) is -1.15. The molecule has 0 radical (unpaired) electrons. The third kappa shape index (κ3) is 0.286. The average molecular weight is 127 g/mol. The van der Waals surface area contributed by atoms with Gasteiger partial charge in [-0.05, 0) is 6.42 Å². The molecule has 3 nitrogen and oxygen atoms in total. The van der Waals surface area contributed by atoms with E-state index in [0.29, 0.717) is 0 Å². The lowest BCUT2D eigenvalue weighted by atomic mass is 10.2. The second-order valence-electron chi connectivity index (χ2n) is 3.43. The van der Waals surface area contributed by atoms with Gasteiger partial charge in [0.1, 0.15) is 0 Å². The van der Waals surface area contributed by atoms with Crippen molar-refractivity contribution in [3.63, 3.8) is 0 Å². The average Bonchev–Trinajstić information content (AvgIpc) is 2.21. The summed E-state index contributed by atoms with van der Waals surface area (Å²) in [6.45, 7) is 0. The van der Waals surface area contributed by atoms with E-state index in [0.717, 1.165) is 6.42 Å². The lowest BCUT2D eigenvalue weighted by Gasteiger charge is -2.02. The second kappa shape index (κ2) is 0.944. The predicted molar refractivity (Wildman–Crippen MR) is 29.7 cm³/mol. The summed E-state index contributed by atoms with van der Waals surface area (Å²) in [5.74, 6) is 0.280. The minimum atomic E-state index is -0.250. The first-order valence-electron chi connectivity index (χ1n) is 3.36. The number of rotatable bonds is 0. The molecule has 0 aromatic carbocycles. The minimum Gasteiger partial charge on any atom is -0.390 e. The monoisotopic (exact) mass is 127 g/mol. The van der Waals surface area contributed by atoms with Gasteiger partial charge in [0.15, 0.2) is 0 Å². The molecule has 0 aromatic rings. The fraction of sp³-hybridized carbons (Fsp3) is 1.00. The Morgan fingerprint density at radius 1 is 1.67 bits per heavy atom. The molecule has 2 aliphatic heterocycles. The molecule has 2 aliphatic carbocycles. The number of ether oxygens (including phenoxy) is 1. The summed E-state index contributed by atoms with van der Waals surface area (Å²) in [7, 11) is 0. The van der Waals surface area contributed by atoms with Gasteiger partial charge in [-0.15, -0.1) is 0 Å². The molecule has 2 saturated carbocycles. The van der Waals surface area contributed by atoms with Crippen molar-refractivity contribution in [1.82, 2.24) is 0 Å². The summed E-state index contributed by atoms with van der Waals surface area (Å²) in [6.07, 6.45) is 0.909. The Bertz CT molecular complexity index is 182. The highest BCUT2D eigenvalue weighted by molar-refractivity contribution is 5.32. The van der Waals surface area contributed by atoms with E-state index in [9.17, 15) is 5.11 Å². The van der Waals surface area contributed by atoms with Gasteiger partial charge in [0.05, 0.1) is 23.9 Å². The van der Waals surface area contributed by atoms with Gasteiger partial charge in [0.25, 0.3) is 0 Å². The van der Waals surface area contributed by atoms with Crippen molar-refractivity contribution in [3.8, 4) is 0 Å². The van der Waals surface area contributed by atoms with Crippen LogP contribution in [0.4, 0.5) is 0 Å². The summed E-state index contributed by atoms with van der Waals surface area (Å²) >= 11 is 0. The summed E-state index contributed by atoms with van der Waals surface area (Å²) < 4.78 is 5.35. The van der Waals surface area contributed by atoms with Crippen LogP contribution < -0.4 is 5.73 Å². The molecule has 9 heavy (non-hydrogen) atoms. The van der Waals surface area contributed by atoms with E-state index < -0.39 is 0 Å². The van der Waals surface area contributed by atoms with Crippen LogP contribution in [0.15, 0.2) is 0 Å². The lowest BCUT2D eigenvalue weighted by molar-refractivity contribution is 0.0466. The van der Waals surface area contributed by atoms with Crippen molar-refractivity contribution in [2.75, 3.05) is 0 Å². The highest BCUT2D eigenvalue weighted by atomic mass is 16.5. The Balaban J connectivity index is 2.10. The van der Waals surface area contributed by atoms with Crippen LogP contribution in [0, 0.1) is 5.92 Å². The van der Waals surface area contributed by atoms with Crippen LogP contribution in [0.3, 0.4) is 0 Å². The Kier molecular flexibility index (Phi) is 0.488. The van der Waals surface area contributed by atoms with Gasteiger partial charge in [0, 0.05) is 5.92 Å². The fourth-order valence-electron chi connectivity index (χ4n) is 2.43. The quantitative estimate of drug-likeness (QED) is 0.432. The van der Waals surface area contributed by atoms with Crippen LogP contribution >= 0.6 is 0 Å². The van der Waals surface area contributed by atoms with Crippen molar-refractivity contribution < 1.29 is 9.84 Å². The van der Waals surface area contributed by atoms with Crippen molar-refractivity contribution in [3.05, 3.63) is 0 Å². The molecule has 5 unspecified atom stereocenters. The molecular formula is C6H9NO2. The van der Waals surface area contributed by atoms with Crippen LogP contribution in [0.1, 0.15) is 6.42 Å². The first kappa shape index (κ1) is 4.66. The molecule has 3 N–H and O–H groups in total. The van der Waals surface area contributed by atoms with Gasteiger partial charge >= 0.3 is 0 Å². The molecule has 0 amide bonds. The van der Waals surface area contributed by atoms with Crippen LogP contribution in [0.2, 0.25) is 0 Å². The van der Waals surface area contributed by atoms with E-state index >= 15 is 0 Å². The molecule has 0 spiro atoms. The van der Waals surface area contributed by atoms with Gasteiger partial charge < -0.3 is 15.6 Å². The molecule has 4 aliphatic rings. The molecule has 4 fully saturated rings. The zero-order valence-corrected chi connectivity index (χ0v) is 4.95. The number of nitrogens with two attached hydrogens (primary N) is 1. The van der Waals surface area contributed by atoms with Gasteiger partial charge in [-0.2, -0.15) is 0 Å². The van der Waals surface area contributed by atoms with E-state index in [2.05, 4.69) is 0 Å². The first-order chi connectivity index (χ1) is 4.23. The SMILES string of the molecule is NC12CC3OC1C2C3O. The summed E-state index contributed by atoms with van der Waals surface area (Å²) in [5.41, 5.74) is 5.74. The van der Waals surface area contributed by atoms with E-state index in [1.807, 2.05) is 0 Å². The highest BCUT2D eigenvalue weighted by Crippen LogP contribution is 2.63. The Hall–Kier alpha value is -0.120. The minimum absolute atomic E-state index is 0.0741. The Labute approximate surface area is 52.8 Å². The van der Waals surface area contributed by atoms with E-state index in [-0.39, 0.29) is 29.8 Å². The molecule has 3 heteroatoms. The zero-order chi connectivity index (χ0) is 6.22. The molecule has 0 aromatic heterocycles. The maximum atomic E-state index is 9.31. The van der Waals surface area contributed by atoms with Gasteiger partial charge in [0.2, 0.25) is 0 Å². The molecular weight excluding hydrogens is 118 g/mol. The summed E-state index contributed by atoms with van der Waals surface area (Å²) in [6, 6.07) is 0. The normalized spacial score (nSPS) is 75.3. The third-order valence-electron chi connectivity index (χ3n) is 2.99. The Morgan fingerprint density at radius 3 is 2.56 bits per heavy atom. The molecule has 5 atom stereocenters. The molecule has 4 bridgehead atoms. The van der Waals surface area contributed by atoms with Crippen LogP contribution in [0.5, 0.6) is 0 Å². The summed E-state index contributed by atoms with van der Waals surface area (Å²) in [4.78, 5) is 0. The number of aliphatic hydroxyl groups is 1. The maximum Gasteiger partial charge on any atom is 0.0874 e. The van der Waals surface area contributed by atoms with Crippen LogP contribution in [-0.4, -0.2) is 29.0 Å². The Morgan fingerprint density at radius 2 is 2.44 bits per heavy atom. The van der Waals surface area contributed by atoms with E-state index in [1.54, 1.807) is 0 Å². The van der Waals surface area contributed by atoms with Crippen molar-refractivity contribution in [1.29, 1.82) is 0 Å². The largest absolute Gasteiger partial charge is 0.390 e. The standard InChI is InChI=1S/C6H9NO2/c7-6-1-2-4(8)3(6)5(6)9-2/h2-5,8H,1,7H2. The topological polar surface area (TPSA) is 55.5 Å². The summed E-state index contributed by atoms with van der Waals surface area (Å²) in [5, 5.41) is 9.31. The molecule has 2 heterocycles. The van der Waals surface area contributed by atoms with Crippen LogP contribution in [-0.2, 0) is 4.74 Å². The second-order valence-corrected chi connectivity index (χ2v) is 3.43. The number of hydrogen-bond acceptors (Lipinski definition) is 3. The number of aliphatic hydroxyl groups excluding tert-OH is 1. The number of hydrogen-bond donors (Lipinski definition) is 2. The van der Waals surface area contributed by atoms with Crippen molar-refractivity contribution >= 4 is 0 Å². The lowest BCUT2D eigenvalue weighted by Crippen LogP contribution is -2.23. The molecule has 50 valence electrons. The smallest absolute Gasteiger partial charge is 0.0874 e. The first-order valence-corrected chi connectivity index (χ1v) is 3.36. The zero-order valence-electron chi connectivity index (χ0n) is 4.95. The third-order valence-corrected chi connectivity index (χ3v) is 2.99. The fourth-order valence-corrected chi connectivity index (χ4v) is 2.43.